The molecule has 0 atom stereocenters. The summed E-state index contributed by atoms with van der Waals surface area (Å²) in [6.07, 6.45) is 26.8. The van der Waals surface area contributed by atoms with Gasteiger partial charge in [0.15, 0.2) is 0 Å². The van der Waals surface area contributed by atoms with Crippen LogP contribution >= 0.6 is 0 Å². The maximum Gasteiger partial charge on any atom is -0.0443 e. The summed E-state index contributed by atoms with van der Waals surface area (Å²) in [5.41, 5.74) is 0. The van der Waals surface area contributed by atoms with E-state index in [0.29, 0.717) is 0 Å². The lowest BCUT2D eigenvalue weighted by Crippen LogP contribution is -1.96. The van der Waals surface area contributed by atoms with Crippen molar-refractivity contribution in [1.82, 2.24) is 0 Å². The van der Waals surface area contributed by atoms with Crippen LogP contribution in [-0.4, -0.2) is 0 Å². The summed E-state index contributed by atoms with van der Waals surface area (Å²) in [5.74, 6) is 1.96. The maximum atomic E-state index is 2.48. The summed E-state index contributed by atoms with van der Waals surface area (Å²) >= 11 is 0. The molecule has 0 saturated heterocycles. The summed E-state index contributed by atoms with van der Waals surface area (Å²) in [5, 5.41) is 0. The van der Waals surface area contributed by atoms with Gasteiger partial charge in [0.05, 0.1) is 0 Å². The van der Waals surface area contributed by atoms with E-state index in [1.54, 1.807) is 0 Å². The minimum atomic E-state index is 0.979. The molecular weight excluding hydrogens is 264 g/mol. The van der Waals surface area contributed by atoms with Gasteiger partial charge >= 0.3 is 0 Å². The molecule has 22 heavy (non-hydrogen) atoms. The third-order valence-corrected chi connectivity index (χ3v) is 5.79. The lowest BCUT2D eigenvalue weighted by molar-refractivity contribution is 0.414. The topological polar surface area (TPSA) is 0 Å². The predicted octanol–water partition coefficient (Wildman–Crippen LogP) is 8.29. The lowest BCUT2D eigenvalue weighted by Gasteiger charge is -2.12. The summed E-state index contributed by atoms with van der Waals surface area (Å²) < 4.78 is 0. The second-order valence-electron chi connectivity index (χ2n) is 8.31. The fraction of sp³-hybridized carbons (Fsp3) is 1.00. The third-order valence-electron chi connectivity index (χ3n) is 5.79. The molecule has 0 heteroatoms. The van der Waals surface area contributed by atoms with Crippen molar-refractivity contribution >= 4 is 0 Å². The Bertz CT molecular complexity index is 176. The second kappa shape index (κ2) is 14.6. The molecule has 0 aromatic heterocycles. The van der Waals surface area contributed by atoms with Crippen LogP contribution in [0.2, 0.25) is 0 Å². The molecule has 0 N–H and O–H groups in total. The zero-order valence-electron chi connectivity index (χ0n) is 15.9. The van der Waals surface area contributed by atoms with Crippen LogP contribution in [0.1, 0.15) is 129 Å². The Morgan fingerprint density at radius 3 is 0.727 bits per heavy atom. The molecule has 0 aliphatic heterocycles. The van der Waals surface area contributed by atoms with Crippen LogP contribution in [0.3, 0.4) is 0 Å². The predicted molar refractivity (Wildman–Crippen MR) is 101 cm³/mol. The molecule has 1 saturated carbocycles. The zero-order valence-corrected chi connectivity index (χ0v) is 15.9. The Morgan fingerprint density at radius 1 is 0.318 bits per heavy atom. The van der Waals surface area contributed by atoms with Crippen molar-refractivity contribution in [3.8, 4) is 0 Å². The number of hydrogen-bond acceptors (Lipinski definition) is 0. The van der Waals surface area contributed by atoms with Crippen molar-refractivity contribution in [2.45, 2.75) is 129 Å². The first kappa shape index (κ1) is 20.0. The highest BCUT2D eigenvalue weighted by Crippen LogP contribution is 2.21. The molecule has 1 rings (SSSR count). The van der Waals surface area contributed by atoms with Gasteiger partial charge in [0.1, 0.15) is 0 Å². The van der Waals surface area contributed by atoms with Crippen LogP contribution in [0.5, 0.6) is 0 Å². The van der Waals surface area contributed by atoms with Gasteiger partial charge in [-0.15, -0.1) is 0 Å². The van der Waals surface area contributed by atoms with Crippen molar-refractivity contribution < 1.29 is 0 Å². The van der Waals surface area contributed by atoms with Crippen LogP contribution in [0.25, 0.3) is 0 Å². The van der Waals surface area contributed by atoms with Crippen molar-refractivity contribution in [3.63, 3.8) is 0 Å². The third kappa shape index (κ3) is 12.5. The zero-order chi connectivity index (χ0) is 15.9. The largest absolute Gasteiger partial charge is 0.0625 e. The fourth-order valence-corrected chi connectivity index (χ4v) is 4.03. The Labute approximate surface area is 141 Å². The highest BCUT2D eigenvalue weighted by atomic mass is 14.1. The van der Waals surface area contributed by atoms with Crippen LogP contribution < -0.4 is 0 Å². The minimum Gasteiger partial charge on any atom is -0.0625 e. The van der Waals surface area contributed by atoms with E-state index >= 15 is 0 Å². The Kier molecular flexibility index (Phi) is 13.3. The van der Waals surface area contributed by atoms with Gasteiger partial charge in [-0.2, -0.15) is 0 Å². The molecule has 0 aromatic carbocycles. The molecule has 0 radical (unpaired) electrons. The van der Waals surface area contributed by atoms with Gasteiger partial charge in [-0.25, -0.2) is 0 Å². The van der Waals surface area contributed by atoms with Gasteiger partial charge in [0, 0.05) is 0 Å². The van der Waals surface area contributed by atoms with Gasteiger partial charge in [0.25, 0.3) is 0 Å². The molecule has 1 fully saturated rings. The summed E-state index contributed by atoms with van der Waals surface area (Å²) in [4.78, 5) is 0. The number of rotatable bonds is 0. The van der Waals surface area contributed by atoms with Crippen molar-refractivity contribution in [2.75, 3.05) is 0 Å². The van der Waals surface area contributed by atoms with Gasteiger partial charge in [-0.3, -0.25) is 0 Å². The molecule has 0 bridgehead atoms. The minimum absolute atomic E-state index is 0.979. The highest BCUT2D eigenvalue weighted by Gasteiger charge is 2.04. The van der Waals surface area contributed by atoms with Crippen LogP contribution in [0.15, 0.2) is 0 Å². The molecule has 0 unspecified atom stereocenters. The van der Waals surface area contributed by atoms with E-state index < -0.39 is 0 Å². The molecule has 1 aliphatic carbocycles. The van der Waals surface area contributed by atoms with Crippen molar-refractivity contribution in [3.05, 3.63) is 0 Å². The highest BCUT2D eigenvalue weighted by molar-refractivity contribution is 4.58. The quantitative estimate of drug-likeness (QED) is 0.422. The molecule has 0 heterocycles. The van der Waals surface area contributed by atoms with Crippen LogP contribution in [-0.2, 0) is 0 Å². The van der Waals surface area contributed by atoms with Gasteiger partial charge in [0.2, 0.25) is 0 Å². The molecule has 0 nitrogen and oxygen atoms in total. The first-order valence-electron chi connectivity index (χ1n) is 10.8. The van der Waals surface area contributed by atoms with E-state index in [1.807, 2.05) is 0 Å². The fourth-order valence-electron chi connectivity index (χ4n) is 4.03. The van der Waals surface area contributed by atoms with Gasteiger partial charge in [-0.1, -0.05) is 129 Å². The van der Waals surface area contributed by atoms with Crippen LogP contribution in [0.4, 0.5) is 0 Å². The maximum absolute atomic E-state index is 2.48. The van der Waals surface area contributed by atoms with E-state index in [-0.39, 0.29) is 0 Å². The summed E-state index contributed by atoms with van der Waals surface area (Å²) in [6, 6.07) is 0. The molecule has 1 aliphatic rings. The SMILES string of the molecule is CC1CCCCCCCCCC(C)CCCCCCCCC1. The van der Waals surface area contributed by atoms with Gasteiger partial charge < -0.3 is 0 Å². The Balaban J connectivity index is 2.15. The van der Waals surface area contributed by atoms with Crippen LogP contribution in [0, 0.1) is 11.8 Å². The smallest absolute Gasteiger partial charge is 0.0443 e. The molecule has 0 amide bonds. The van der Waals surface area contributed by atoms with E-state index in [2.05, 4.69) is 13.8 Å². The number of hydrogen-bond donors (Lipinski definition) is 0. The average molecular weight is 309 g/mol. The molecule has 0 spiro atoms. The Hall–Kier alpha value is 0. The first-order chi connectivity index (χ1) is 10.8. The standard InChI is InChI=1S/C22H44/c1-21-17-13-9-5-3-7-11-15-19-22(2)20-16-12-8-4-6-10-14-18-21/h21-22H,3-20H2,1-2H3. The van der Waals surface area contributed by atoms with Crippen molar-refractivity contribution in [2.24, 2.45) is 11.8 Å². The van der Waals surface area contributed by atoms with E-state index in [1.165, 1.54) is 116 Å². The monoisotopic (exact) mass is 308 g/mol. The molecule has 132 valence electrons. The molecule has 0 aromatic rings. The normalized spacial score (nSPS) is 29.7. The summed E-state index contributed by atoms with van der Waals surface area (Å²) in [7, 11) is 0. The van der Waals surface area contributed by atoms with Gasteiger partial charge in [-0.05, 0) is 11.8 Å². The first-order valence-corrected chi connectivity index (χ1v) is 10.8. The summed E-state index contributed by atoms with van der Waals surface area (Å²) in [6.45, 7) is 4.96. The van der Waals surface area contributed by atoms with E-state index in [0.717, 1.165) is 11.8 Å². The molecular formula is C22H44. The lowest BCUT2D eigenvalue weighted by atomic mass is 9.94. The van der Waals surface area contributed by atoms with E-state index in [4.69, 9.17) is 0 Å². The average Bonchev–Trinajstić information content (AvgIpc) is 2.50. The van der Waals surface area contributed by atoms with Crippen molar-refractivity contribution in [1.29, 1.82) is 0 Å². The second-order valence-corrected chi connectivity index (χ2v) is 8.31. The Morgan fingerprint density at radius 2 is 0.500 bits per heavy atom. The van der Waals surface area contributed by atoms with E-state index in [9.17, 15) is 0 Å².